The predicted octanol–water partition coefficient (Wildman–Crippen LogP) is 6.43. The van der Waals surface area contributed by atoms with Crippen LogP contribution in [0.4, 0.5) is 0 Å². The lowest BCUT2D eigenvalue weighted by molar-refractivity contribution is -0.127. The molecule has 4 aromatic rings. The van der Waals surface area contributed by atoms with Crippen molar-refractivity contribution < 1.29 is 4.79 Å². The summed E-state index contributed by atoms with van der Waals surface area (Å²) in [6.45, 7) is 5.62. The first kappa shape index (κ1) is 23.7. The zero-order valence-corrected chi connectivity index (χ0v) is 20.9. The quantitative estimate of drug-likeness (QED) is 0.327. The lowest BCUT2D eigenvalue weighted by Gasteiger charge is -2.32. The Kier molecular flexibility index (Phi) is 7.21. The summed E-state index contributed by atoms with van der Waals surface area (Å²) in [4.78, 5) is 15.4. The molecule has 5 heteroatoms. The Balaban J connectivity index is 1.23. The summed E-state index contributed by atoms with van der Waals surface area (Å²) in [6, 6.07) is 29.2. The molecule has 1 saturated heterocycles. The predicted molar refractivity (Wildman–Crippen MR) is 143 cm³/mol. The molecule has 0 radical (unpaired) electrons. The van der Waals surface area contributed by atoms with Gasteiger partial charge in [0.15, 0.2) is 0 Å². The second-order valence-electron chi connectivity index (χ2n) is 9.60. The van der Waals surface area contributed by atoms with Crippen LogP contribution in [0.3, 0.4) is 0 Å². The number of fused-ring (bicyclic) bond motifs is 1. The molecule has 4 nitrogen and oxygen atoms in total. The van der Waals surface area contributed by atoms with E-state index in [1.165, 1.54) is 22.2 Å². The van der Waals surface area contributed by atoms with Crippen molar-refractivity contribution in [3.8, 4) is 0 Å². The Hall–Kier alpha value is -3.08. The highest BCUT2D eigenvalue weighted by Gasteiger charge is 2.26. The number of benzene rings is 3. The van der Waals surface area contributed by atoms with Gasteiger partial charge in [-0.25, -0.2) is 0 Å². The lowest BCUT2D eigenvalue weighted by atomic mass is 9.95. The van der Waals surface area contributed by atoms with Crippen LogP contribution in [0.15, 0.2) is 84.9 Å². The maximum Gasteiger partial charge on any atom is 0.223 e. The van der Waals surface area contributed by atoms with Crippen molar-refractivity contribution in [2.24, 2.45) is 5.92 Å². The number of carbonyl (C=O) groups excluding carboxylic acids is 1. The molecule has 1 aromatic heterocycles. The first-order valence-corrected chi connectivity index (χ1v) is 12.8. The van der Waals surface area contributed by atoms with Crippen molar-refractivity contribution in [1.29, 1.82) is 0 Å². The Morgan fingerprint density at radius 3 is 2.37 bits per heavy atom. The highest BCUT2D eigenvalue weighted by Crippen LogP contribution is 2.26. The summed E-state index contributed by atoms with van der Waals surface area (Å²) >= 11 is 6.10. The topological polar surface area (TPSA) is 37.3 Å². The van der Waals surface area contributed by atoms with Crippen LogP contribution in [0.1, 0.15) is 42.6 Å². The highest BCUT2D eigenvalue weighted by atomic mass is 35.5. The molecule has 1 atom stereocenters. The second kappa shape index (κ2) is 10.7. The minimum Gasteiger partial charge on any atom is -0.349 e. The minimum absolute atomic E-state index is 0.0327. The fourth-order valence-corrected chi connectivity index (χ4v) is 5.22. The molecule has 0 aliphatic carbocycles. The Bertz CT molecular complexity index is 1270. The number of rotatable bonds is 7. The minimum atomic E-state index is 0.0327. The molecule has 1 aliphatic heterocycles. The van der Waals surface area contributed by atoms with E-state index in [0.717, 1.165) is 49.6 Å². The van der Waals surface area contributed by atoms with E-state index in [-0.39, 0.29) is 17.9 Å². The van der Waals surface area contributed by atoms with E-state index in [2.05, 4.69) is 76.3 Å². The van der Waals surface area contributed by atoms with Gasteiger partial charge >= 0.3 is 0 Å². The van der Waals surface area contributed by atoms with Gasteiger partial charge in [0.25, 0.3) is 0 Å². The van der Waals surface area contributed by atoms with Crippen LogP contribution < -0.4 is 5.32 Å². The van der Waals surface area contributed by atoms with Gasteiger partial charge in [0.1, 0.15) is 0 Å². The number of amides is 1. The van der Waals surface area contributed by atoms with E-state index in [0.29, 0.717) is 0 Å². The average Bonchev–Trinajstić information content (AvgIpc) is 3.23. The van der Waals surface area contributed by atoms with Crippen LogP contribution >= 0.6 is 11.6 Å². The number of halogens is 1. The Morgan fingerprint density at radius 2 is 1.63 bits per heavy atom. The van der Waals surface area contributed by atoms with Crippen LogP contribution in [-0.4, -0.2) is 28.5 Å². The number of hydrogen-bond acceptors (Lipinski definition) is 2. The molecule has 3 aromatic carbocycles. The van der Waals surface area contributed by atoms with E-state index in [1.807, 2.05) is 30.3 Å². The number of likely N-dealkylation sites (tertiary alicyclic amines) is 1. The second-order valence-corrected chi connectivity index (χ2v) is 10.0. The van der Waals surface area contributed by atoms with E-state index < -0.39 is 0 Å². The van der Waals surface area contributed by atoms with Crippen LogP contribution in [0, 0.1) is 5.92 Å². The van der Waals surface area contributed by atoms with Gasteiger partial charge < -0.3 is 9.88 Å². The smallest absolute Gasteiger partial charge is 0.223 e. The lowest BCUT2D eigenvalue weighted by Crippen LogP contribution is -2.41. The average molecular weight is 486 g/mol. The Labute approximate surface area is 212 Å². The van der Waals surface area contributed by atoms with Crippen molar-refractivity contribution in [2.75, 3.05) is 13.1 Å². The fourth-order valence-electron chi connectivity index (χ4n) is 5.10. The number of hydrogen-bond donors (Lipinski definition) is 1. The molecule has 35 heavy (non-hydrogen) atoms. The molecule has 5 rings (SSSR count). The number of aromatic nitrogens is 1. The number of nitrogens with zero attached hydrogens (tertiary/aromatic N) is 2. The zero-order chi connectivity index (χ0) is 24.2. The molecule has 1 fully saturated rings. The molecule has 2 heterocycles. The third-order valence-corrected chi connectivity index (χ3v) is 7.40. The number of nitrogens with one attached hydrogen (secondary N) is 1. The Morgan fingerprint density at radius 1 is 0.943 bits per heavy atom. The molecule has 0 bridgehead atoms. The third-order valence-electron chi connectivity index (χ3n) is 7.15. The summed E-state index contributed by atoms with van der Waals surface area (Å²) in [5, 5.41) is 5.24. The van der Waals surface area contributed by atoms with Crippen LogP contribution in [-0.2, 0) is 17.9 Å². The summed E-state index contributed by atoms with van der Waals surface area (Å²) < 4.78 is 2.42. The van der Waals surface area contributed by atoms with Gasteiger partial charge in [0.05, 0.1) is 6.04 Å². The third kappa shape index (κ3) is 5.61. The first-order valence-electron chi connectivity index (χ1n) is 12.5. The van der Waals surface area contributed by atoms with E-state index in [1.54, 1.807) is 0 Å². The first-order chi connectivity index (χ1) is 17.1. The van der Waals surface area contributed by atoms with Crippen LogP contribution in [0.5, 0.6) is 0 Å². The summed E-state index contributed by atoms with van der Waals surface area (Å²) in [7, 11) is 0. The highest BCUT2D eigenvalue weighted by molar-refractivity contribution is 6.30. The van der Waals surface area contributed by atoms with Crippen LogP contribution in [0.25, 0.3) is 10.9 Å². The molecule has 180 valence electrons. The summed E-state index contributed by atoms with van der Waals surface area (Å²) in [6.07, 6.45) is 1.79. The van der Waals surface area contributed by atoms with E-state index in [4.69, 9.17) is 11.6 Å². The maximum atomic E-state index is 12.9. The van der Waals surface area contributed by atoms with Gasteiger partial charge in [0.2, 0.25) is 5.91 Å². The van der Waals surface area contributed by atoms with Gasteiger partial charge in [-0.05, 0) is 73.6 Å². The maximum absolute atomic E-state index is 12.9. The number of piperidine rings is 1. The van der Waals surface area contributed by atoms with E-state index in [9.17, 15) is 4.79 Å². The van der Waals surface area contributed by atoms with Gasteiger partial charge in [0, 0.05) is 35.2 Å². The molecule has 0 spiro atoms. The zero-order valence-electron chi connectivity index (χ0n) is 20.2. The largest absolute Gasteiger partial charge is 0.349 e. The number of carbonyl (C=O) groups is 1. The summed E-state index contributed by atoms with van der Waals surface area (Å²) in [5.74, 6) is 0.259. The van der Waals surface area contributed by atoms with Crippen molar-refractivity contribution in [1.82, 2.24) is 14.8 Å². The fraction of sp³-hybridized carbons (Fsp3) is 0.300. The van der Waals surface area contributed by atoms with Crippen LogP contribution in [0.2, 0.25) is 5.02 Å². The van der Waals surface area contributed by atoms with Gasteiger partial charge in [-0.1, -0.05) is 72.3 Å². The van der Waals surface area contributed by atoms with E-state index >= 15 is 0 Å². The van der Waals surface area contributed by atoms with Gasteiger partial charge in [-0.15, -0.1) is 0 Å². The number of para-hydroxylation sites is 1. The SMILES string of the molecule is CC(NC(=O)C1CCN(Cc2cc3ccccc3n2Cc2ccc(Cl)cc2)CC1)c1ccccc1. The van der Waals surface area contributed by atoms with Crippen molar-refractivity contribution in [3.05, 3.63) is 107 Å². The van der Waals surface area contributed by atoms with Crippen molar-refractivity contribution in [2.45, 2.75) is 38.9 Å². The standard InChI is InChI=1S/C30H32ClN3O/c1-22(24-7-3-2-4-8-24)32-30(35)25-15-17-33(18-16-25)21-28-19-26-9-5-6-10-29(26)34(28)20-23-11-13-27(31)14-12-23/h2-14,19,22,25H,15-18,20-21H2,1H3,(H,32,35). The van der Waals surface area contributed by atoms with Crippen molar-refractivity contribution in [3.63, 3.8) is 0 Å². The molecule has 1 amide bonds. The molecular formula is C30H32ClN3O. The van der Waals surface area contributed by atoms with Gasteiger partial charge in [-0.3, -0.25) is 9.69 Å². The molecular weight excluding hydrogens is 454 g/mol. The molecule has 0 saturated carbocycles. The summed E-state index contributed by atoms with van der Waals surface area (Å²) in [5.41, 5.74) is 4.94. The molecule has 1 N–H and O–H groups in total. The normalized spacial score (nSPS) is 15.8. The van der Waals surface area contributed by atoms with Gasteiger partial charge in [-0.2, -0.15) is 0 Å². The monoisotopic (exact) mass is 485 g/mol. The molecule has 1 aliphatic rings. The van der Waals surface area contributed by atoms with Crippen molar-refractivity contribution >= 4 is 28.4 Å². The molecule has 1 unspecified atom stereocenters.